The number of hydrogen-bond acceptors (Lipinski definition) is 11. The lowest BCUT2D eigenvalue weighted by molar-refractivity contribution is 0.0503. The van der Waals surface area contributed by atoms with Gasteiger partial charge in [-0.15, -0.1) is 0 Å². The number of rotatable bonds is 5. The number of ether oxygens (including phenoxy) is 2. The molecule has 5 aromatic carbocycles. The molecule has 12 heteroatoms. The molecule has 0 aliphatic heterocycles. The summed E-state index contributed by atoms with van der Waals surface area (Å²) >= 11 is 0. The molecule has 0 unspecified atom stereocenters. The van der Waals surface area contributed by atoms with Crippen molar-refractivity contribution >= 4 is 17.9 Å². The molecule has 0 spiro atoms. The van der Waals surface area contributed by atoms with Crippen molar-refractivity contribution in [1.82, 2.24) is 0 Å². The molecule has 0 amide bonds. The van der Waals surface area contributed by atoms with Crippen molar-refractivity contribution in [3.05, 3.63) is 143 Å². The molecule has 0 aliphatic rings. The molecule has 0 bridgehead atoms. The zero-order valence-corrected chi connectivity index (χ0v) is 33.6. The van der Waals surface area contributed by atoms with Crippen LogP contribution >= 0.6 is 0 Å². The van der Waals surface area contributed by atoms with E-state index in [0.29, 0.717) is 23.3 Å². The molecule has 0 saturated carbocycles. The van der Waals surface area contributed by atoms with Crippen LogP contribution in [0.2, 0.25) is 0 Å². The number of esters is 2. The molecule has 12 nitrogen and oxygen atoms in total. The standard InChI is InChI=1S/C11H14O2.C10H12O3.C10H14O2.C8H8O3.C6H6O2/c1-11(2,3)9-6-4-8(5-7-9)10(12)13;1-2-7-13-10(12)8-3-5-9(11)6-4-8;1-10(2,3)7-4-5-8(11)9(12)6-7;1-11-8(10)6-2-4-7(9)5-3-6;7-5-2-1-3-6(8)4-5/h4-7H,1-3H3,(H,12,13);3-6,11H,2,7H2,1H3;4-6,11-12H,1-3H3;2-5,9H,1H3;1-4,7-8H. The molecule has 7 N–H and O–H groups in total. The number of aromatic carboxylic acids is 1. The minimum atomic E-state index is -0.875. The highest BCUT2D eigenvalue weighted by atomic mass is 16.5. The molecule has 0 atom stereocenters. The number of aromatic hydroxyl groups is 6. The molecule has 57 heavy (non-hydrogen) atoms. The first-order chi connectivity index (χ1) is 26.6. The van der Waals surface area contributed by atoms with E-state index in [-0.39, 0.29) is 51.3 Å². The van der Waals surface area contributed by atoms with Crippen LogP contribution in [0.25, 0.3) is 0 Å². The summed E-state index contributed by atoms with van der Waals surface area (Å²) in [5, 5.41) is 62.1. The van der Waals surface area contributed by atoms with Gasteiger partial charge >= 0.3 is 17.9 Å². The van der Waals surface area contributed by atoms with E-state index in [1.54, 1.807) is 24.3 Å². The third-order valence-corrected chi connectivity index (χ3v) is 7.50. The highest BCUT2D eigenvalue weighted by Gasteiger charge is 2.15. The normalized spacial score (nSPS) is 10.2. The van der Waals surface area contributed by atoms with Crippen molar-refractivity contribution in [2.75, 3.05) is 13.7 Å². The second kappa shape index (κ2) is 23.3. The van der Waals surface area contributed by atoms with Crippen molar-refractivity contribution in [3.63, 3.8) is 0 Å². The van der Waals surface area contributed by atoms with Crippen LogP contribution in [0.15, 0.2) is 115 Å². The van der Waals surface area contributed by atoms with Gasteiger partial charge in [-0.2, -0.15) is 0 Å². The first kappa shape index (κ1) is 48.3. The fraction of sp³-hybridized carbons (Fsp3) is 0.267. The Labute approximate surface area is 333 Å². The summed E-state index contributed by atoms with van der Waals surface area (Å²) in [6.07, 6.45) is 0.809. The molecular formula is C45H54O12. The molecule has 0 saturated heterocycles. The molecule has 5 rings (SSSR count). The van der Waals surface area contributed by atoms with Crippen LogP contribution in [0.4, 0.5) is 0 Å². The van der Waals surface area contributed by atoms with Crippen LogP contribution in [-0.4, -0.2) is 67.4 Å². The van der Waals surface area contributed by atoms with Gasteiger partial charge in [0.1, 0.15) is 23.0 Å². The molecule has 0 radical (unpaired) electrons. The molecule has 306 valence electrons. The zero-order valence-electron chi connectivity index (χ0n) is 33.6. The molecule has 0 heterocycles. The van der Waals surface area contributed by atoms with Crippen LogP contribution in [0.1, 0.15) is 97.1 Å². The molecule has 0 fully saturated rings. The number of carbonyl (C=O) groups is 3. The van der Waals surface area contributed by atoms with E-state index in [0.717, 1.165) is 17.5 Å². The van der Waals surface area contributed by atoms with Crippen molar-refractivity contribution in [1.29, 1.82) is 0 Å². The molecule has 0 aliphatic carbocycles. The number of carboxylic acids is 1. The smallest absolute Gasteiger partial charge is 0.338 e. The zero-order chi connectivity index (χ0) is 43.3. The summed E-state index contributed by atoms with van der Waals surface area (Å²) in [6, 6.07) is 29.6. The van der Waals surface area contributed by atoms with Crippen molar-refractivity contribution < 1.29 is 59.6 Å². The van der Waals surface area contributed by atoms with Crippen LogP contribution < -0.4 is 0 Å². The van der Waals surface area contributed by atoms with E-state index < -0.39 is 11.9 Å². The Kier molecular flexibility index (Phi) is 19.7. The van der Waals surface area contributed by atoms with Gasteiger partial charge in [0.05, 0.1) is 30.4 Å². The minimum Gasteiger partial charge on any atom is -0.508 e. The SMILES string of the molecule is CC(C)(C)c1ccc(C(=O)O)cc1.CC(C)(C)c1ccc(O)c(O)c1.CCCOC(=O)c1ccc(O)cc1.COC(=O)c1ccc(O)cc1.Oc1cccc(O)c1. The average molecular weight is 787 g/mol. The minimum absolute atomic E-state index is 0.00514. The summed E-state index contributed by atoms with van der Waals surface area (Å²) in [5.74, 6) is -1.28. The number of carbonyl (C=O) groups excluding carboxylic acids is 2. The highest BCUT2D eigenvalue weighted by molar-refractivity contribution is 5.90. The maximum Gasteiger partial charge on any atom is 0.338 e. The second-order valence-electron chi connectivity index (χ2n) is 14.3. The summed E-state index contributed by atoms with van der Waals surface area (Å²) in [5.41, 5.74) is 3.49. The summed E-state index contributed by atoms with van der Waals surface area (Å²) in [4.78, 5) is 32.6. The Morgan fingerprint density at radius 1 is 0.509 bits per heavy atom. The van der Waals surface area contributed by atoms with Gasteiger partial charge in [-0.25, -0.2) is 14.4 Å². The quantitative estimate of drug-likeness (QED) is 0.0656. The van der Waals surface area contributed by atoms with Crippen molar-refractivity contribution in [3.8, 4) is 34.5 Å². The van der Waals surface area contributed by atoms with Gasteiger partial charge in [0, 0.05) is 6.07 Å². The van der Waals surface area contributed by atoms with Gasteiger partial charge in [-0.05, 0) is 113 Å². The van der Waals surface area contributed by atoms with Gasteiger partial charge in [-0.1, -0.05) is 72.7 Å². The number of phenolic OH excluding ortho intramolecular Hbond substituents is 6. The highest BCUT2D eigenvalue weighted by Crippen LogP contribution is 2.31. The first-order valence-electron chi connectivity index (χ1n) is 17.8. The number of benzene rings is 5. The van der Waals surface area contributed by atoms with E-state index in [2.05, 4.69) is 46.3 Å². The third-order valence-electron chi connectivity index (χ3n) is 7.50. The fourth-order valence-electron chi connectivity index (χ4n) is 4.19. The third kappa shape index (κ3) is 19.0. The summed E-state index contributed by atoms with van der Waals surface area (Å²) in [6.45, 7) is 14.8. The lowest BCUT2D eigenvalue weighted by Crippen LogP contribution is -2.11. The number of hydrogen-bond donors (Lipinski definition) is 7. The summed E-state index contributed by atoms with van der Waals surface area (Å²) < 4.78 is 9.35. The fourth-order valence-corrected chi connectivity index (χ4v) is 4.19. The number of carboxylic acid groups (broad SMARTS) is 1. The Morgan fingerprint density at radius 3 is 1.28 bits per heavy atom. The average Bonchev–Trinajstić information content (AvgIpc) is 3.15. The van der Waals surface area contributed by atoms with Crippen molar-refractivity contribution in [2.24, 2.45) is 0 Å². The lowest BCUT2D eigenvalue weighted by Gasteiger charge is -2.19. The predicted octanol–water partition coefficient (Wildman–Crippen LogP) is 9.31. The monoisotopic (exact) mass is 786 g/mol. The maximum absolute atomic E-state index is 11.2. The summed E-state index contributed by atoms with van der Waals surface area (Å²) in [7, 11) is 1.31. The molecule has 0 aromatic heterocycles. The van der Waals surface area contributed by atoms with E-state index in [1.807, 2.05) is 25.1 Å². The van der Waals surface area contributed by atoms with Crippen molar-refractivity contribution in [2.45, 2.75) is 65.7 Å². The maximum atomic E-state index is 11.2. The van der Waals surface area contributed by atoms with E-state index in [4.69, 9.17) is 35.4 Å². The predicted molar refractivity (Wildman–Crippen MR) is 218 cm³/mol. The topological polar surface area (TPSA) is 211 Å². The number of methoxy groups -OCH3 is 1. The second-order valence-corrected chi connectivity index (χ2v) is 14.3. The van der Waals surface area contributed by atoms with Gasteiger partial charge in [0.2, 0.25) is 0 Å². The molecule has 5 aromatic rings. The van der Waals surface area contributed by atoms with Crippen LogP contribution in [-0.2, 0) is 20.3 Å². The van der Waals surface area contributed by atoms with Crippen LogP contribution in [0.3, 0.4) is 0 Å². The van der Waals surface area contributed by atoms with Gasteiger partial charge in [-0.3, -0.25) is 0 Å². The first-order valence-corrected chi connectivity index (χ1v) is 17.8. The molecular weight excluding hydrogens is 732 g/mol. The Bertz CT molecular complexity index is 1960. The Hall–Kier alpha value is -6.69. The Balaban J connectivity index is 0.000000359. The lowest BCUT2D eigenvalue weighted by atomic mass is 9.87. The Morgan fingerprint density at radius 2 is 0.930 bits per heavy atom. The van der Waals surface area contributed by atoms with Gasteiger partial charge < -0.3 is 45.2 Å². The number of phenols is 6. The van der Waals surface area contributed by atoms with Gasteiger partial charge in [0.15, 0.2) is 11.5 Å². The largest absolute Gasteiger partial charge is 0.508 e. The van der Waals surface area contributed by atoms with E-state index in [1.165, 1.54) is 79.9 Å². The van der Waals surface area contributed by atoms with Crippen LogP contribution in [0, 0.1) is 0 Å². The van der Waals surface area contributed by atoms with Crippen LogP contribution in [0.5, 0.6) is 34.5 Å². The van der Waals surface area contributed by atoms with E-state index >= 15 is 0 Å². The van der Waals surface area contributed by atoms with E-state index in [9.17, 15) is 19.5 Å². The van der Waals surface area contributed by atoms with Gasteiger partial charge in [0.25, 0.3) is 0 Å².